The van der Waals surface area contributed by atoms with Crippen LogP contribution in [0.4, 0.5) is 13.2 Å². The molecule has 0 atom stereocenters. The van der Waals surface area contributed by atoms with Gasteiger partial charge in [0.2, 0.25) is 5.95 Å². The van der Waals surface area contributed by atoms with Gasteiger partial charge in [0.1, 0.15) is 0 Å². The molecule has 2 aromatic rings. The Kier molecular flexibility index (Phi) is 7.14. The Bertz CT molecular complexity index is 841. The molecule has 1 aromatic heterocycles. The predicted octanol–water partition coefficient (Wildman–Crippen LogP) is 6.75. The normalized spacial score (nSPS) is 19.1. The lowest BCUT2D eigenvalue weighted by Crippen LogP contribution is -2.13. The van der Waals surface area contributed by atoms with Crippen LogP contribution in [0.25, 0.3) is 0 Å². The van der Waals surface area contributed by atoms with Gasteiger partial charge in [0.15, 0.2) is 5.82 Å². The highest BCUT2D eigenvalue weighted by molar-refractivity contribution is 5.43. The van der Waals surface area contributed by atoms with E-state index in [1.54, 1.807) is 0 Å². The summed E-state index contributed by atoms with van der Waals surface area (Å²) in [6.07, 6.45) is 10.4. The monoisotopic (exact) mass is 385 g/mol. The molecule has 1 aliphatic carbocycles. The number of unbranched alkanes of at least 4 members (excludes halogenated alkanes) is 2. The topological polar surface area (TPSA) is 12.9 Å². The van der Waals surface area contributed by atoms with Crippen molar-refractivity contribution in [2.45, 2.75) is 64.2 Å². The molecule has 1 aliphatic rings. The highest BCUT2D eigenvalue weighted by atomic mass is 19.2. The molecule has 0 amide bonds. The Morgan fingerprint density at radius 2 is 1.64 bits per heavy atom. The Morgan fingerprint density at radius 1 is 0.929 bits per heavy atom. The van der Waals surface area contributed by atoms with E-state index in [0.29, 0.717) is 11.5 Å². The van der Waals surface area contributed by atoms with E-state index >= 15 is 0 Å². The lowest BCUT2D eigenvalue weighted by Gasteiger charge is -2.29. The van der Waals surface area contributed by atoms with E-state index in [0.717, 1.165) is 12.0 Å². The van der Waals surface area contributed by atoms with Crippen molar-refractivity contribution < 1.29 is 13.2 Å². The summed E-state index contributed by atoms with van der Waals surface area (Å²) in [7, 11) is 0. The zero-order chi connectivity index (χ0) is 19.9. The first-order valence-electron chi connectivity index (χ1n) is 10.2. The summed E-state index contributed by atoms with van der Waals surface area (Å²) >= 11 is 0. The molecule has 0 aliphatic heterocycles. The summed E-state index contributed by atoms with van der Waals surface area (Å²) in [6.45, 7) is 2.25. The zero-order valence-corrected chi connectivity index (χ0v) is 16.3. The minimum absolute atomic E-state index is 0.246. The smallest absolute Gasteiger partial charge is 0.202 e. The Balaban J connectivity index is 1.59. The fraction of sp³-hybridized carbons (Fsp3) is 0.458. The van der Waals surface area contributed by atoms with Crippen molar-refractivity contribution in [1.82, 2.24) is 4.98 Å². The number of nitrogens with zero attached hydrogens (tertiary/aromatic N) is 1. The number of pyridine rings is 1. The number of benzene rings is 1. The average Bonchev–Trinajstić information content (AvgIpc) is 2.71. The fourth-order valence-corrected chi connectivity index (χ4v) is 3.98. The van der Waals surface area contributed by atoms with Gasteiger partial charge in [-0.25, -0.2) is 4.39 Å². The van der Waals surface area contributed by atoms with Crippen LogP contribution in [0.2, 0.25) is 0 Å². The first-order valence-corrected chi connectivity index (χ1v) is 10.2. The number of aromatic nitrogens is 1. The Hall–Kier alpha value is -2.28. The van der Waals surface area contributed by atoms with Gasteiger partial charge in [0.05, 0.1) is 5.56 Å². The van der Waals surface area contributed by atoms with E-state index in [9.17, 15) is 13.2 Å². The van der Waals surface area contributed by atoms with Crippen molar-refractivity contribution in [3.8, 4) is 11.8 Å². The van der Waals surface area contributed by atoms with Crippen LogP contribution in [0.1, 0.15) is 80.9 Å². The third-order valence-electron chi connectivity index (χ3n) is 5.67. The van der Waals surface area contributed by atoms with Gasteiger partial charge in [0.25, 0.3) is 5.95 Å². The maximum absolute atomic E-state index is 13.5. The van der Waals surface area contributed by atoms with Gasteiger partial charge in [-0.15, -0.1) is 0 Å². The third-order valence-corrected chi connectivity index (χ3v) is 5.67. The summed E-state index contributed by atoms with van der Waals surface area (Å²) in [5, 5.41) is 0. The van der Waals surface area contributed by atoms with Gasteiger partial charge in [-0.2, -0.15) is 13.8 Å². The minimum atomic E-state index is -1.45. The maximum Gasteiger partial charge on any atom is 0.251 e. The van der Waals surface area contributed by atoms with E-state index in [-0.39, 0.29) is 5.56 Å². The molecule has 148 valence electrons. The van der Waals surface area contributed by atoms with Gasteiger partial charge in [-0.3, -0.25) is 0 Å². The molecule has 1 nitrogen and oxygen atoms in total. The quantitative estimate of drug-likeness (QED) is 0.315. The molecular weight excluding hydrogens is 359 g/mol. The van der Waals surface area contributed by atoms with Crippen molar-refractivity contribution in [3.63, 3.8) is 0 Å². The largest absolute Gasteiger partial charge is 0.251 e. The van der Waals surface area contributed by atoms with Crippen molar-refractivity contribution in [3.05, 3.63) is 64.7 Å². The Labute approximate surface area is 165 Å². The molecule has 1 saturated carbocycles. The zero-order valence-electron chi connectivity index (χ0n) is 16.3. The van der Waals surface area contributed by atoms with Gasteiger partial charge in [-0.1, -0.05) is 56.6 Å². The summed E-state index contributed by atoms with van der Waals surface area (Å²) in [6, 6.07) is 8.69. The third kappa shape index (κ3) is 5.38. The molecule has 0 saturated heterocycles. The maximum atomic E-state index is 13.5. The number of rotatable bonds is 5. The van der Waals surface area contributed by atoms with Crippen LogP contribution in [-0.2, 0) is 0 Å². The number of halogens is 3. The molecule has 0 radical (unpaired) electrons. The van der Waals surface area contributed by atoms with Gasteiger partial charge in [0, 0.05) is 5.56 Å². The molecule has 0 spiro atoms. The van der Waals surface area contributed by atoms with Gasteiger partial charge >= 0.3 is 0 Å². The van der Waals surface area contributed by atoms with Crippen molar-refractivity contribution in [2.75, 3.05) is 0 Å². The summed E-state index contributed by atoms with van der Waals surface area (Å²) in [4.78, 5) is 2.88. The SMILES string of the molecule is CCCCC[C@H]1CC[C@H](c2ccc(C#Cc3cc(F)c(F)nc3F)cc2)CC1. The van der Waals surface area contributed by atoms with Crippen LogP contribution >= 0.6 is 0 Å². The first kappa shape index (κ1) is 20.5. The molecule has 4 heteroatoms. The number of hydrogen-bond acceptors (Lipinski definition) is 1. The molecule has 3 rings (SSSR count). The van der Waals surface area contributed by atoms with E-state index in [4.69, 9.17) is 0 Å². The molecule has 1 heterocycles. The standard InChI is InChI=1S/C24H26F3N/c1-2-3-4-5-17-6-11-19(12-7-17)20-13-8-18(9-14-20)10-15-21-16-22(25)24(27)28-23(21)26/h8-9,13-14,16-17,19H,2-7,11-12H2,1H3/t17-,19-. The lowest BCUT2D eigenvalue weighted by atomic mass is 9.77. The van der Waals surface area contributed by atoms with E-state index in [1.165, 1.54) is 56.9 Å². The molecule has 0 bridgehead atoms. The van der Waals surface area contributed by atoms with Crippen LogP contribution in [-0.4, -0.2) is 4.98 Å². The fourth-order valence-electron chi connectivity index (χ4n) is 3.98. The van der Waals surface area contributed by atoms with Crippen molar-refractivity contribution in [2.24, 2.45) is 5.92 Å². The van der Waals surface area contributed by atoms with Crippen LogP contribution in [0.15, 0.2) is 30.3 Å². The summed E-state index contributed by atoms with van der Waals surface area (Å²) in [5.41, 5.74) is 1.78. The lowest BCUT2D eigenvalue weighted by molar-refractivity contribution is 0.303. The summed E-state index contributed by atoms with van der Waals surface area (Å²) < 4.78 is 39.6. The predicted molar refractivity (Wildman–Crippen MR) is 105 cm³/mol. The minimum Gasteiger partial charge on any atom is -0.202 e. The van der Waals surface area contributed by atoms with E-state index in [2.05, 4.69) is 35.9 Å². The van der Waals surface area contributed by atoms with Gasteiger partial charge in [-0.05, 0) is 61.3 Å². The molecule has 1 fully saturated rings. The van der Waals surface area contributed by atoms with Crippen LogP contribution in [0.3, 0.4) is 0 Å². The van der Waals surface area contributed by atoms with Gasteiger partial charge < -0.3 is 0 Å². The van der Waals surface area contributed by atoms with E-state index < -0.39 is 17.7 Å². The summed E-state index contributed by atoms with van der Waals surface area (Å²) in [5.74, 6) is 3.05. The van der Waals surface area contributed by atoms with Crippen LogP contribution in [0.5, 0.6) is 0 Å². The van der Waals surface area contributed by atoms with Crippen molar-refractivity contribution in [1.29, 1.82) is 0 Å². The molecule has 0 N–H and O–H groups in total. The average molecular weight is 385 g/mol. The first-order chi connectivity index (χ1) is 13.6. The van der Waals surface area contributed by atoms with E-state index in [1.807, 2.05) is 12.1 Å². The Morgan fingerprint density at radius 3 is 2.32 bits per heavy atom. The highest BCUT2D eigenvalue weighted by Crippen LogP contribution is 2.37. The molecule has 1 aromatic carbocycles. The van der Waals surface area contributed by atoms with Crippen LogP contribution in [0, 0.1) is 35.5 Å². The second-order valence-corrected chi connectivity index (χ2v) is 7.68. The van der Waals surface area contributed by atoms with Crippen LogP contribution < -0.4 is 0 Å². The van der Waals surface area contributed by atoms with Crippen molar-refractivity contribution >= 4 is 0 Å². The molecule has 0 unspecified atom stereocenters. The number of hydrogen-bond donors (Lipinski definition) is 0. The second kappa shape index (κ2) is 9.78. The highest BCUT2D eigenvalue weighted by Gasteiger charge is 2.21. The molecule has 28 heavy (non-hydrogen) atoms. The molecular formula is C24H26F3N. The second-order valence-electron chi connectivity index (χ2n) is 7.68.